The van der Waals surface area contributed by atoms with Crippen molar-refractivity contribution < 1.29 is 9.31 Å². The highest BCUT2D eigenvalue weighted by atomic mass is 19.1. The predicted octanol–water partition coefficient (Wildman–Crippen LogP) is 3.96. The Morgan fingerprint density at radius 2 is 1.90 bits per heavy atom. The normalized spacial score (nSPS) is 10.3. The Balaban J connectivity index is 2.15. The highest BCUT2D eigenvalue weighted by molar-refractivity contribution is 5.51. The van der Waals surface area contributed by atoms with Gasteiger partial charge in [0.1, 0.15) is 5.82 Å². The molecule has 2 rings (SSSR count). The highest BCUT2D eigenvalue weighted by Crippen LogP contribution is 2.21. The average molecular weight is 274 g/mol. The van der Waals surface area contributed by atoms with Gasteiger partial charge in [0, 0.05) is 23.9 Å². The number of rotatable bonds is 4. The minimum absolute atomic E-state index is 0.111. The first-order valence-corrected chi connectivity index (χ1v) is 6.21. The molecule has 2 aromatic rings. The van der Waals surface area contributed by atoms with E-state index in [-0.39, 0.29) is 16.4 Å². The number of nitro benzene ring substituents is 1. The Morgan fingerprint density at radius 1 is 1.15 bits per heavy atom. The molecule has 2 aromatic carbocycles. The molecule has 0 aliphatic heterocycles. The maximum Gasteiger partial charge on any atom is 0.272 e. The van der Waals surface area contributed by atoms with Gasteiger partial charge in [0.25, 0.3) is 5.69 Å². The van der Waals surface area contributed by atoms with E-state index in [0.29, 0.717) is 12.1 Å². The maximum absolute atomic E-state index is 13.0. The fraction of sp³-hybridized carbons (Fsp3) is 0.200. The van der Waals surface area contributed by atoms with Crippen LogP contribution in [0, 0.1) is 29.8 Å². The molecule has 0 saturated carbocycles. The number of benzene rings is 2. The SMILES string of the molecule is Cc1cc(F)ccc1NCc1ccc(C)c([N+](=O)[O-])c1. The minimum Gasteiger partial charge on any atom is -0.381 e. The van der Waals surface area contributed by atoms with E-state index in [9.17, 15) is 14.5 Å². The lowest BCUT2D eigenvalue weighted by molar-refractivity contribution is -0.385. The zero-order valence-corrected chi connectivity index (χ0v) is 11.3. The fourth-order valence-corrected chi connectivity index (χ4v) is 1.98. The van der Waals surface area contributed by atoms with Crippen LogP contribution < -0.4 is 5.32 Å². The van der Waals surface area contributed by atoms with Crippen molar-refractivity contribution in [3.63, 3.8) is 0 Å². The summed E-state index contributed by atoms with van der Waals surface area (Å²) in [5, 5.41) is 14.0. The smallest absolute Gasteiger partial charge is 0.272 e. The zero-order chi connectivity index (χ0) is 14.7. The summed E-state index contributed by atoms with van der Waals surface area (Å²) in [5.74, 6) is -0.279. The van der Waals surface area contributed by atoms with Gasteiger partial charge in [0.2, 0.25) is 0 Å². The summed E-state index contributed by atoms with van der Waals surface area (Å²) < 4.78 is 13.0. The summed E-state index contributed by atoms with van der Waals surface area (Å²) in [6.45, 7) is 3.97. The van der Waals surface area contributed by atoms with Crippen molar-refractivity contribution in [2.75, 3.05) is 5.32 Å². The van der Waals surface area contributed by atoms with Crippen LogP contribution in [0.15, 0.2) is 36.4 Å². The number of nitro groups is 1. The van der Waals surface area contributed by atoms with E-state index in [4.69, 9.17) is 0 Å². The topological polar surface area (TPSA) is 55.2 Å². The van der Waals surface area contributed by atoms with Crippen molar-refractivity contribution in [3.05, 3.63) is 69.0 Å². The van der Waals surface area contributed by atoms with Crippen molar-refractivity contribution in [1.29, 1.82) is 0 Å². The number of hydrogen-bond acceptors (Lipinski definition) is 3. The Morgan fingerprint density at radius 3 is 2.55 bits per heavy atom. The molecule has 0 radical (unpaired) electrons. The molecule has 5 heteroatoms. The van der Waals surface area contributed by atoms with Gasteiger partial charge in [-0.1, -0.05) is 12.1 Å². The highest BCUT2D eigenvalue weighted by Gasteiger charge is 2.10. The van der Waals surface area contributed by atoms with E-state index in [2.05, 4.69) is 5.32 Å². The molecule has 0 aromatic heterocycles. The summed E-state index contributed by atoms with van der Waals surface area (Å²) >= 11 is 0. The van der Waals surface area contributed by atoms with Crippen LogP contribution in [-0.4, -0.2) is 4.92 Å². The van der Waals surface area contributed by atoms with Crippen molar-refractivity contribution >= 4 is 11.4 Å². The first kappa shape index (κ1) is 14.0. The predicted molar refractivity (Wildman–Crippen MR) is 76.3 cm³/mol. The van der Waals surface area contributed by atoms with Crippen molar-refractivity contribution in [3.8, 4) is 0 Å². The molecule has 0 atom stereocenters. The third-order valence-corrected chi connectivity index (χ3v) is 3.14. The third-order valence-electron chi connectivity index (χ3n) is 3.14. The van der Waals surface area contributed by atoms with E-state index in [0.717, 1.165) is 16.8 Å². The van der Waals surface area contributed by atoms with Gasteiger partial charge in [0.05, 0.1) is 4.92 Å². The average Bonchev–Trinajstić information content (AvgIpc) is 2.39. The van der Waals surface area contributed by atoms with Crippen molar-refractivity contribution in [2.24, 2.45) is 0 Å². The molecule has 0 saturated heterocycles. The third kappa shape index (κ3) is 3.12. The second-order valence-corrected chi connectivity index (χ2v) is 4.69. The Hall–Kier alpha value is -2.43. The zero-order valence-electron chi connectivity index (χ0n) is 11.3. The summed E-state index contributed by atoms with van der Waals surface area (Å²) in [7, 11) is 0. The second kappa shape index (κ2) is 5.69. The number of anilines is 1. The first-order valence-electron chi connectivity index (χ1n) is 6.21. The summed E-state index contributed by atoms with van der Waals surface area (Å²) in [4.78, 5) is 10.5. The van der Waals surface area contributed by atoms with Crippen LogP contribution in [0.4, 0.5) is 15.8 Å². The summed E-state index contributed by atoms with van der Waals surface area (Å²) in [6.07, 6.45) is 0. The molecule has 0 heterocycles. The van der Waals surface area contributed by atoms with Crippen LogP contribution in [0.25, 0.3) is 0 Å². The molecule has 0 fully saturated rings. The van der Waals surface area contributed by atoms with Crippen LogP contribution >= 0.6 is 0 Å². The van der Waals surface area contributed by atoms with Crippen LogP contribution in [0.3, 0.4) is 0 Å². The Labute approximate surface area is 116 Å². The van der Waals surface area contributed by atoms with E-state index < -0.39 is 0 Å². The van der Waals surface area contributed by atoms with Crippen molar-refractivity contribution in [1.82, 2.24) is 0 Å². The molecular weight excluding hydrogens is 259 g/mol. The Kier molecular flexibility index (Phi) is 3.98. The monoisotopic (exact) mass is 274 g/mol. The summed E-state index contributed by atoms with van der Waals surface area (Å²) in [5.41, 5.74) is 3.17. The molecule has 0 aliphatic rings. The number of aryl methyl sites for hydroxylation is 2. The van der Waals surface area contributed by atoms with Gasteiger partial charge in [-0.05, 0) is 43.2 Å². The molecule has 104 valence electrons. The van der Waals surface area contributed by atoms with E-state index >= 15 is 0 Å². The largest absolute Gasteiger partial charge is 0.381 e. The molecule has 20 heavy (non-hydrogen) atoms. The van der Waals surface area contributed by atoms with Gasteiger partial charge in [-0.15, -0.1) is 0 Å². The lowest BCUT2D eigenvalue weighted by atomic mass is 10.1. The molecule has 0 bridgehead atoms. The van der Waals surface area contributed by atoms with Crippen molar-refractivity contribution in [2.45, 2.75) is 20.4 Å². The number of halogens is 1. The van der Waals surface area contributed by atoms with Crippen LogP contribution in [0.2, 0.25) is 0 Å². The lowest BCUT2D eigenvalue weighted by Gasteiger charge is -2.10. The lowest BCUT2D eigenvalue weighted by Crippen LogP contribution is -2.02. The first-order chi connectivity index (χ1) is 9.47. The van der Waals surface area contributed by atoms with Crippen LogP contribution in [0.1, 0.15) is 16.7 Å². The number of nitrogens with zero attached hydrogens (tertiary/aromatic N) is 1. The van der Waals surface area contributed by atoms with E-state index in [1.54, 1.807) is 25.1 Å². The second-order valence-electron chi connectivity index (χ2n) is 4.69. The van der Waals surface area contributed by atoms with Gasteiger partial charge in [-0.3, -0.25) is 10.1 Å². The molecular formula is C15H15FN2O2. The van der Waals surface area contributed by atoms with Gasteiger partial charge in [-0.2, -0.15) is 0 Å². The molecule has 0 aliphatic carbocycles. The van der Waals surface area contributed by atoms with Gasteiger partial charge in [-0.25, -0.2) is 4.39 Å². The number of nitrogens with one attached hydrogen (secondary N) is 1. The summed E-state index contributed by atoms with van der Waals surface area (Å²) in [6, 6.07) is 9.61. The quantitative estimate of drug-likeness (QED) is 0.678. The van der Waals surface area contributed by atoms with E-state index in [1.807, 2.05) is 13.0 Å². The minimum atomic E-state index is -0.387. The van der Waals surface area contributed by atoms with Gasteiger partial charge >= 0.3 is 0 Å². The molecule has 0 unspecified atom stereocenters. The van der Waals surface area contributed by atoms with Gasteiger partial charge in [0.15, 0.2) is 0 Å². The molecule has 4 nitrogen and oxygen atoms in total. The van der Waals surface area contributed by atoms with Crippen LogP contribution in [0.5, 0.6) is 0 Å². The Bertz CT molecular complexity index is 656. The standard InChI is InChI=1S/C15H15FN2O2/c1-10-3-4-12(8-15(10)18(19)20)9-17-14-6-5-13(16)7-11(14)2/h3-8,17H,9H2,1-2H3. The fourth-order valence-electron chi connectivity index (χ4n) is 1.98. The molecule has 0 amide bonds. The molecule has 1 N–H and O–H groups in total. The molecule has 0 spiro atoms. The van der Waals surface area contributed by atoms with E-state index in [1.165, 1.54) is 12.1 Å². The maximum atomic E-state index is 13.0. The van der Waals surface area contributed by atoms with Gasteiger partial charge < -0.3 is 5.32 Å². The van der Waals surface area contributed by atoms with Crippen LogP contribution in [-0.2, 0) is 6.54 Å². The number of hydrogen-bond donors (Lipinski definition) is 1.